The summed E-state index contributed by atoms with van der Waals surface area (Å²) in [4.78, 5) is 11.8. The van der Waals surface area contributed by atoms with Gasteiger partial charge in [-0.05, 0) is 26.7 Å². The van der Waals surface area contributed by atoms with Crippen LogP contribution in [0.4, 0.5) is 5.69 Å². The molecule has 1 aliphatic rings. The molecule has 1 fully saturated rings. The van der Waals surface area contributed by atoms with Crippen LogP contribution in [0.5, 0.6) is 0 Å². The van der Waals surface area contributed by atoms with Gasteiger partial charge in [0.2, 0.25) is 0 Å². The first kappa shape index (κ1) is 12.9. The predicted molar refractivity (Wildman–Crippen MR) is 66.0 cm³/mol. The number of aryl methyl sites for hydroxylation is 1. The average molecular weight is 253 g/mol. The van der Waals surface area contributed by atoms with Gasteiger partial charge < -0.3 is 15.2 Å². The summed E-state index contributed by atoms with van der Waals surface area (Å²) in [7, 11) is 0. The van der Waals surface area contributed by atoms with Crippen LogP contribution in [0.3, 0.4) is 0 Å². The van der Waals surface area contributed by atoms with Gasteiger partial charge in [0.1, 0.15) is 12.6 Å². The normalized spacial score (nSPS) is 19.8. The molecule has 2 heterocycles. The lowest BCUT2D eigenvalue weighted by atomic mass is 10.2. The van der Waals surface area contributed by atoms with E-state index in [9.17, 15) is 4.79 Å². The van der Waals surface area contributed by atoms with Crippen LogP contribution >= 0.6 is 0 Å². The third kappa shape index (κ3) is 2.81. The van der Waals surface area contributed by atoms with Crippen LogP contribution in [0.1, 0.15) is 24.2 Å². The van der Waals surface area contributed by atoms with Gasteiger partial charge in [-0.1, -0.05) is 0 Å². The molecule has 1 atom stereocenters. The van der Waals surface area contributed by atoms with E-state index in [0.29, 0.717) is 12.3 Å². The zero-order valence-corrected chi connectivity index (χ0v) is 10.8. The summed E-state index contributed by atoms with van der Waals surface area (Å²) in [6.07, 6.45) is 1.68. The molecule has 0 aromatic carbocycles. The van der Waals surface area contributed by atoms with E-state index in [1.165, 1.54) is 0 Å². The predicted octanol–water partition coefficient (Wildman–Crippen LogP) is 0.804. The quantitative estimate of drug-likeness (QED) is 0.806. The molecule has 2 rings (SSSR count). The second-order valence-electron chi connectivity index (χ2n) is 4.57. The standard InChI is InChI=1S/C12H19N3O3/c1-8-12(13)9(2)15(14-8)6-11(16)18-10-4-3-5-17-7-10/h10H,3-7,13H2,1-2H3. The summed E-state index contributed by atoms with van der Waals surface area (Å²) in [5.41, 5.74) is 7.97. The van der Waals surface area contributed by atoms with Crippen LogP contribution in [0.15, 0.2) is 0 Å². The first-order valence-corrected chi connectivity index (χ1v) is 6.14. The lowest BCUT2D eigenvalue weighted by molar-refractivity contribution is -0.156. The van der Waals surface area contributed by atoms with Crippen molar-refractivity contribution in [3.63, 3.8) is 0 Å². The molecule has 100 valence electrons. The number of ether oxygens (including phenoxy) is 2. The summed E-state index contributed by atoms with van der Waals surface area (Å²) >= 11 is 0. The Morgan fingerprint density at radius 2 is 2.39 bits per heavy atom. The van der Waals surface area contributed by atoms with Crippen LogP contribution in [0, 0.1) is 13.8 Å². The van der Waals surface area contributed by atoms with Gasteiger partial charge in [-0.2, -0.15) is 5.10 Å². The van der Waals surface area contributed by atoms with Gasteiger partial charge in [0.15, 0.2) is 0 Å². The third-order valence-electron chi connectivity index (χ3n) is 3.13. The van der Waals surface area contributed by atoms with Gasteiger partial charge in [0, 0.05) is 6.61 Å². The SMILES string of the molecule is Cc1nn(CC(=O)OC2CCCOC2)c(C)c1N. The van der Waals surface area contributed by atoms with Crippen molar-refractivity contribution in [3.05, 3.63) is 11.4 Å². The molecule has 1 aliphatic heterocycles. The molecule has 2 N–H and O–H groups in total. The smallest absolute Gasteiger partial charge is 0.328 e. The van der Waals surface area contributed by atoms with Gasteiger partial charge >= 0.3 is 5.97 Å². The molecule has 0 bridgehead atoms. The highest BCUT2D eigenvalue weighted by Crippen LogP contribution is 2.15. The minimum atomic E-state index is -0.295. The van der Waals surface area contributed by atoms with Crippen LogP contribution in [-0.4, -0.2) is 35.1 Å². The fourth-order valence-electron chi connectivity index (χ4n) is 2.01. The Labute approximate surface area is 106 Å². The highest BCUT2D eigenvalue weighted by atomic mass is 16.6. The molecule has 0 radical (unpaired) electrons. The Hall–Kier alpha value is -1.56. The topological polar surface area (TPSA) is 79.4 Å². The molecule has 1 aromatic rings. The second kappa shape index (κ2) is 5.39. The molecule has 18 heavy (non-hydrogen) atoms. The fourth-order valence-corrected chi connectivity index (χ4v) is 2.01. The Morgan fingerprint density at radius 3 is 2.94 bits per heavy atom. The van der Waals surface area contributed by atoms with E-state index < -0.39 is 0 Å². The maximum Gasteiger partial charge on any atom is 0.328 e. The van der Waals surface area contributed by atoms with E-state index in [-0.39, 0.29) is 18.6 Å². The Morgan fingerprint density at radius 1 is 1.61 bits per heavy atom. The highest BCUT2D eigenvalue weighted by molar-refractivity contribution is 5.69. The summed E-state index contributed by atoms with van der Waals surface area (Å²) in [6, 6.07) is 0. The van der Waals surface area contributed by atoms with Crippen molar-refractivity contribution in [2.75, 3.05) is 18.9 Å². The van der Waals surface area contributed by atoms with Crippen molar-refractivity contribution < 1.29 is 14.3 Å². The number of carbonyl (C=O) groups is 1. The number of hydrogen-bond acceptors (Lipinski definition) is 5. The maximum absolute atomic E-state index is 11.8. The van der Waals surface area contributed by atoms with Gasteiger partial charge in [0.25, 0.3) is 0 Å². The zero-order chi connectivity index (χ0) is 13.1. The van der Waals surface area contributed by atoms with Crippen molar-refractivity contribution in [2.45, 2.75) is 39.3 Å². The number of aromatic nitrogens is 2. The Bertz CT molecular complexity index is 436. The minimum absolute atomic E-state index is 0.0976. The molecule has 0 amide bonds. The number of esters is 1. The molecule has 0 saturated carbocycles. The van der Waals surface area contributed by atoms with Crippen molar-refractivity contribution in [1.29, 1.82) is 0 Å². The largest absolute Gasteiger partial charge is 0.459 e. The number of rotatable bonds is 3. The average Bonchev–Trinajstić information content (AvgIpc) is 2.58. The number of nitrogen functional groups attached to an aromatic ring is 1. The molecule has 1 unspecified atom stereocenters. The second-order valence-corrected chi connectivity index (χ2v) is 4.57. The molecular weight excluding hydrogens is 234 g/mol. The molecule has 0 spiro atoms. The van der Waals surface area contributed by atoms with Crippen LogP contribution < -0.4 is 5.73 Å². The maximum atomic E-state index is 11.8. The molecule has 1 saturated heterocycles. The molecule has 1 aromatic heterocycles. The van der Waals surface area contributed by atoms with Crippen LogP contribution in [0.25, 0.3) is 0 Å². The number of carbonyl (C=O) groups excluding carboxylic acids is 1. The van der Waals surface area contributed by atoms with E-state index in [1.807, 2.05) is 13.8 Å². The van der Waals surface area contributed by atoms with E-state index in [4.69, 9.17) is 15.2 Å². The Kier molecular flexibility index (Phi) is 3.86. The van der Waals surface area contributed by atoms with E-state index in [2.05, 4.69) is 5.10 Å². The number of nitrogens with zero attached hydrogens (tertiary/aromatic N) is 2. The highest BCUT2D eigenvalue weighted by Gasteiger charge is 2.19. The van der Waals surface area contributed by atoms with Crippen LogP contribution in [-0.2, 0) is 20.8 Å². The third-order valence-corrected chi connectivity index (χ3v) is 3.13. The lowest BCUT2D eigenvalue weighted by Gasteiger charge is -2.22. The van der Waals surface area contributed by atoms with E-state index >= 15 is 0 Å². The number of hydrogen-bond donors (Lipinski definition) is 1. The molecule has 6 heteroatoms. The molecular formula is C12H19N3O3. The monoisotopic (exact) mass is 253 g/mol. The van der Waals surface area contributed by atoms with Crippen LogP contribution in [0.2, 0.25) is 0 Å². The van der Waals surface area contributed by atoms with E-state index in [0.717, 1.165) is 30.8 Å². The zero-order valence-electron chi connectivity index (χ0n) is 10.8. The summed E-state index contributed by atoms with van der Waals surface area (Å²) in [6.45, 7) is 5.00. The summed E-state index contributed by atoms with van der Waals surface area (Å²) in [5.74, 6) is -0.295. The molecule has 6 nitrogen and oxygen atoms in total. The summed E-state index contributed by atoms with van der Waals surface area (Å²) in [5, 5.41) is 4.20. The van der Waals surface area contributed by atoms with Crippen molar-refractivity contribution >= 4 is 11.7 Å². The van der Waals surface area contributed by atoms with E-state index in [1.54, 1.807) is 4.68 Å². The number of nitrogens with two attached hydrogens (primary N) is 1. The number of anilines is 1. The van der Waals surface area contributed by atoms with Crippen molar-refractivity contribution in [1.82, 2.24) is 9.78 Å². The van der Waals surface area contributed by atoms with Gasteiger partial charge in [-0.3, -0.25) is 9.48 Å². The lowest BCUT2D eigenvalue weighted by Crippen LogP contribution is -2.29. The van der Waals surface area contributed by atoms with Gasteiger partial charge in [0.05, 0.1) is 23.7 Å². The summed E-state index contributed by atoms with van der Waals surface area (Å²) < 4.78 is 12.2. The first-order valence-electron chi connectivity index (χ1n) is 6.14. The molecule has 0 aliphatic carbocycles. The Balaban J connectivity index is 1.92. The first-order chi connectivity index (χ1) is 8.58. The van der Waals surface area contributed by atoms with Crippen molar-refractivity contribution in [3.8, 4) is 0 Å². The van der Waals surface area contributed by atoms with Gasteiger partial charge in [-0.15, -0.1) is 0 Å². The minimum Gasteiger partial charge on any atom is -0.459 e. The fraction of sp³-hybridized carbons (Fsp3) is 0.667. The van der Waals surface area contributed by atoms with Gasteiger partial charge in [-0.25, -0.2) is 0 Å². The van der Waals surface area contributed by atoms with Crippen molar-refractivity contribution in [2.24, 2.45) is 0 Å².